The van der Waals surface area contributed by atoms with Gasteiger partial charge in [-0.1, -0.05) is 33.8 Å². The maximum absolute atomic E-state index is 8.98. The van der Waals surface area contributed by atoms with Crippen molar-refractivity contribution >= 4 is 0 Å². The average molecular weight is 197 g/mol. The molecule has 0 aromatic carbocycles. The van der Waals surface area contributed by atoms with E-state index in [1.807, 2.05) is 0 Å². The fraction of sp³-hybridized carbons (Fsp3) is 0.833. The second-order valence-corrected chi connectivity index (χ2v) is 4.86. The summed E-state index contributed by atoms with van der Waals surface area (Å²) in [4.78, 5) is 2.29. The Labute approximate surface area is 87.6 Å². The number of hydrogen-bond acceptors (Lipinski definition) is 2. The highest BCUT2D eigenvalue weighted by Crippen LogP contribution is 2.31. The first-order valence-corrected chi connectivity index (χ1v) is 5.62. The molecular weight excluding hydrogens is 174 g/mol. The predicted molar refractivity (Wildman–Crippen MR) is 59.9 cm³/mol. The molecular formula is C12H23NO. The van der Waals surface area contributed by atoms with E-state index >= 15 is 0 Å². The van der Waals surface area contributed by atoms with Gasteiger partial charge in [0.25, 0.3) is 0 Å². The topological polar surface area (TPSA) is 23.5 Å². The van der Waals surface area contributed by atoms with E-state index in [0.29, 0.717) is 23.8 Å². The van der Waals surface area contributed by atoms with Crippen LogP contribution in [-0.2, 0) is 0 Å². The second kappa shape index (κ2) is 4.83. The van der Waals surface area contributed by atoms with Crippen molar-refractivity contribution in [1.82, 2.24) is 4.90 Å². The SMILES string of the molecule is CC(C)C1C=CN(CCO)C1C(C)C. The molecule has 1 aliphatic heterocycles. The molecule has 0 aromatic rings. The summed E-state index contributed by atoms with van der Waals surface area (Å²) in [5.74, 6) is 1.97. The molecule has 2 heteroatoms. The van der Waals surface area contributed by atoms with Crippen molar-refractivity contribution in [2.45, 2.75) is 33.7 Å². The van der Waals surface area contributed by atoms with Crippen molar-refractivity contribution in [3.63, 3.8) is 0 Å². The molecule has 0 radical (unpaired) electrons. The van der Waals surface area contributed by atoms with Crippen LogP contribution in [0.25, 0.3) is 0 Å². The van der Waals surface area contributed by atoms with E-state index in [2.05, 4.69) is 44.9 Å². The molecule has 0 spiro atoms. The van der Waals surface area contributed by atoms with E-state index in [-0.39, 0.29) is 6.61 Å². The third-order valence-corrected chi connectivity index (χ3v) is 3.09. The summed E-state index contributed by atoms with van der Waals surface area (Å²) in [6, 6.07) is 0.571. The summed E-state index contributed by atoms with van der Waals surface area (Å²) in [5, 5.41) is 8.98. The highest BCUT2D eigenvalue weighted by atomic mass is 16.3. The van der Waals surface area contributed by atoms with Crippen LogP contribution in [0.1, 0.15) is 27.7 Å². The number of aliphatic hydroxyl groups excluding tert-OH is 1. The first-order chi connectivity index (χ1) is 6.57. The van der Waals surface area contributed by atoms with Crippen molar-refractivity contribution in [2.24, 2.45) is 17.8 Å². The lowest BCUT2D eigenvalue weighted by atomic mass is 9.84. The van der Waals surface area contributed by atoms with Gasteiger partial charge in [0, 0.05) is 18.5 Å². The Balaban J connectivity index is 2.69. The lowest BCUT2D eigenvalue weighted by Crippen LogP contribution is -2.39. The van der Waals surface area contributed by atoms with Crippen LogP contribution < -0.4 is 0 Å². The Morgan fingerprint density at radius 3 is 2.29 bits per heavy atom. The van der Waals surface area contributed by atoms with Gasteiger partial charge in [-0.3, -0.25) is 0 Å². The molecule has 0 amide bonds. The summed E-state index contributed by atoms with van der Waals surface area (Å²) in [7, 11) is 0. The largest absolute Gasteiger partial charge is 0.395 e. The molecule has 14 heavy (non-hydrogen) atoms. The molecule has 0 aliphatic carbocycles. The van der Waals surface area contributed by atoms with Gasteiger partial charge in [0.15, 0.2) is 0 Å². The number of hydrogen-bond donors (Lipinski definition) is 1. The van der Waals surface area contributed by atoms with Crippen LogP contribution in [0.3, 0.4) is 0 Å². The molecule has 0 fully saturated rings. The molecule has 2 unspecified atom stereocenters. The molecule has 0 saturated carbocycles. The Morgan fingerprint density at radius 1 is 1.21 bits per heavy atom. The van der Waals surface area contributed by atoms with E-state index in [4.69, 9.17) is 5.11 Å². The molecule has 1 heterocycles. The van der Waals surface area contributed by atoms with Gasteiger partial charge < -0.3 is 10.0 Å². The number of aliphatic hydroxyl groups is 1. The first kappa shape index (κ1) is 11.6. The molecule has 1 N–H and O–H groups in total. The van der Waals surface area contributed by atoms with Crippen LogP contribution >= 0.6 is 0 Å². The van der Waals surface area contributed by atoms with Crippen LogP contribution in [0.5, 0.6) is 0 Å². The number of rotatable bonds is 4. The molecule has 2 nitrogen and oxygen atoms in total. The van der Waals surface area contributed by atoms with Gasteiger partial charge in [-0.15, -0.1) is 0 Å². The fourth-order valence-electron chi connectivity index (χ4n) is 2.43. The van der Waals surface area contributed by atoms with Crippen LogP contribution in [0.15, 0.2) is 12.3 Å². The minimum absolute atomic E-state index is 0.248. The Kier molecular flexibility index (Phi) is 3.99. The van der Waals surface area contributed by atoms with E-state index in [1.165, 1.54) is 0 Å². The molecule has 0 aromatic heterocycles. The summed E-state index contributed by atoms with van der Waals surface area (Å²) >= 11 is 0. The van der Waals surface area contributed by atoms with E-state index < -0.39 is 0 Å². The lowest BCUT2D eigenvalue weighted by Gasteiger charge is -2.34. The second-order valence-electron chi connectivity index (χ2n) is 4.86. The molecule has 2 atom stereocenters. The minimum Gasteiger partial charge on any atom is -0.395 e. The third kappa shape index (κ3) is 2.30. The molecule has 0 saturated heterocycles. The van der Waals surface area contributed by atoms with Gasteiger partial charge in [0.05, 0.1) is 6.61 Å². The maximum atomic E-state index is 8.98. The van der Waals surface area contributed by atoms with Crippen molar-refractivity contribution in [3.8, 4) is 0 Å². The van der Waals surface area contributed by atoms with Gasteiger partial charge in [0.2, 0.25) is 0 Å². The zero-order valence-electron chi connectivity index (χ0n) is 9.77. The van der Waals surface area contributed by atoms with E-state index in [1.54, 1.807) is 0 Å². The first-order valence-electron chi connectivity index (χ1n) is 5.62. The Hall–Kier alpha value is -0.500. The molecule has 82 valence electrons. The van der Waals surface area contributed by atoms with Crippen molar-refractivity contribution in [1.29, 1.82) is 0 Å². The standard InChI is InChI=1S/C12H23NO/c1-9(2)11-5-6-13(7-8-14)12(11)10(3)4/h5-6,9-12,14H,7-8H2,1-4H3. The lowest BCUT2D eigenvalue weighted by molar-refractivity contribution is 0.144. The van der Waals surface area contributed by atoms with Crippen LogP contribution in [0.2, 0.25) is 0 Å². The minimum atomic E-state index is 0.248. The van der Waals surface area contributed by atoms with Gasteiger partial charge in [0.1, 0.15) is 0 Å². The highest BCUT2D eigenvalue weighted by Gasteiger charge is 2.32. The van der Waals surface area contributed by atoms with E-state index in [0.717, 1.165) is 6.54 Å². The summed E-state index contributed by atoms with van der Waals surface area (Å²) in [5.41, 5.74) is 0. The fourth-order valence-corrected chi connectivity index (χ4v) is 2.43. The molecule has 0 bridgehead atoms. The van der Waals surface area contributed by atoms with Crippen molar-refractivity contribution < 1.29 is 5.11 Å². The molecule has 1 aliphatic rings. The average Bonchev–Trinajstić information content (AvgIpc) is 2.48. The monoisotopic (exact) mass is 197 g/mol. The zero-order chi connectivity index (χ0) is 10.7. The summed E-state index contributed by atoms with van der Waals surface area (Å²) in [6.45, 7) is 10.1. The molecule has 1 rings (SSSR count). The highest BCUT2D eigenvalue weighted by molar-refractivity contribution is 5.06. The number of nitrogens with zero attached hydrogens (tertiary/aromatic N) is 1. The van der Waals surface area contributed by atoms with E-state index in [9.17, 15) is 0 Å². The maximum Gasteiger partial charge on any atom is 0.0606 e. The van der Waals surface area contributed by atoms with Crippen LogP contribution in [-0.4, -0.2) is 29.2 Å². The summed E-state index contributed by atoms with van der Waals surface area (Å²) < 4.78 is 0. The predicted octanol–water partition coefficient (Wildman–Crippen LogP) is 2.10. The van der Waals surface area contributed by atoms with Gasteiger partial charge in [-0.2, -0.15) is 0 Å². The quantitative estimate of drug-likeness (QED) is 0.746. The third-order valence-electron chi connectivity index (χ3n) is 3.09. The Bertz CT molecular complexity index is 198. The van der Waals surface area contributed by atoms with Gasteiger partial charge >= 0.3 is 0 Å². The zero-order valence-corrected chi connectivity index (χ0v) is 9.77. The van der Waals surface area contributed by atoms with Crippen molar-refractivity contribution in [2.75, 3.05) is 13.2 Å². The van der Waals surface area contributed by atoms with Crippen LogP contribution in [0.4, 0.5) is 0 Å². The van der Waals surface area contributed by atoms with Gasteiger partial charge in [-0.05, 0) is 18.0 Å². The Morgan fingerprint density at radius 2 is 1.86 bits per heavy atom. The van der Waals surface area contributed by atoms with Gasteiger partial charge in [-0.25, -0.2) is 0 Å². The van der Waals surface area contributed by atoms with Crippen molar-refractivity contribution in [3.05, 3.63) is 12.3 Å². The number of β-amino-alcohol motifs (C(OH)–C–C–N with tert-alkyl or cyclic N) is 1. The van der Waals surface area contributed by atoms with Crippen LogP contribution in [0, 0.1) is 17.8 Å². The smallest absolute Gasteiger partial charge is 0.0606 e. The summed E-state index contributed by atoms with van der Waals surface area (Å²) in [6.07, 6.45) is 4.45. The normalized spacial score (nSPS) is 26.9.